The van der Waals surface area contributed by atoms with Crippen LogP contribution in [0.5, 0.6) is 0 Å². The Morgan fingerprint density at radius 2 is 2.33 bits per heavy atom. The van der Waals surface area contributed by atoms with E-state index in [1.165, 1.54) is 18.5 Å². The first-order valence-corrected chi connectivity index (χ1v) is 4.89. The predicted octanol–water partition coefficient (Wildman–Crippen LogP) is -0.594. The van der Waals surface area contributed by atoms with Crippen LogP contribution in [0.25, 0.3) is 0 Å². The van der Waals surface area contributed by atoms with Crippen LogP contribution in [0.4, 0.5) is 0 Å². The first-order chi connectivity index (χ1) is 7.22. The molecule has 80 valence electrons. The minimum atomic E-state index is -0.241. The van der Waals surface area contributed by atoms with Gasteiger partial charge in [-0.1, -0.05) is 0 Å². The van der Waals surface area contributed by atoms with Gasteiger partial charge in [0.1, 0.15) is 5.56 Å². The van der Waals surface area contributed by atoms with Crippen LogP contribution in [-0.4, -0.2) is 35.4 Å². The Morgan fingerprint density at radius 1 is 1.60 bits per heavy atom. The number of nitrogens with two attached hydrogens (primary N) is 1. The number of nitrogens with zero attached hydrogens (tertiary/aromatic N) is 1. The molecule has 0 unspecified atom stereocenters. The molecule has 1 aliphatic heterocycles. The summed E-state index contributed by atoms with van der Waals surface area (Å²) >= 11 is 0. The van der Waals surface area contributed by atoms with E-state index in [0.717, 1.165) is 0 Å². The highest BCUT2D eigenvalue weighted by atomic mass is 16.2. The van der Waals surface area contributed by atoms with Crippen molar-refractivity contribution in [2.75, 3.05) is 19.6 Å². The summed E-state index contributed by atoms with van der Waals surface area (Å²) in [6.45, 7) is 1.91. The van der Waals surface area contributed by atoms with E-state index in [9.17, 15) is 9.59 Å². The number of carbonyl (C=O) groups excluding carboxylic acids is 1. The highest BCUT2D eigenvalue weighted by Gasteiger charge is 2.30. The van der Waals surface area contributed by atoms with Gasteiger partial charge in [-0.2, -0.15) is 0 Å². The summed E-state index contributed by atoms with van der Waals surface area (Å²) in [7, 11) is 0. The van der Waals surface area contributed by atoms with Crippen molar-refractivity contribution in [2.24, 2.45) is 11.7 Å². The number of aromatic nitrogens is 1. The molecule has 0 radical (unpaired) electrons. The normalized spacial score (nSPS) is 16.2. The third-order valence-electron chi connectivity index (χ3n) is 2.63. The van der Waals surface area contributed by atoms with Crippen LogP contribution in [0.1, 0.15) is 10.4 Å². The van der Waals surface area contributed by atoms with Gasteiger partial charge in [-0.3, -0.25) is 9.59 Å². The maximum absolute atomic E-state index is 11.8. The Morgan fingerprint density at radius 3 is 2.93 bits per heavy atom. The number of hydrogen-bond acceptors (Lipinski definition) is 3. The molecule has 1 aromatic rings. The largest absolute Gasteiger partial charge is 0.367 e. The molecule has 1 aromatic heterocycles. The van der Waals surface area contributed by atoms with E-state index in [1.807, 2.05) is 0 Å². The van der Waals surface area contributed by atoms with E-state index < -0.39 is 0 Å². The van der Waals surface area contributed by atoms with Gasteiger partial charge in [0.2, 0.25) is 0 Å². The fourth-order valence-corrected chi connectivity index (χ4v) is 1.64. The van der Waals surface area contributed by atoms with Crippen molar-refractivity contribution in [1.82, 2.24) is 9.88 Å². The van der Waals surface area contributed by atoms with E-state index in [4.69, 9.17) is 5.73 Å². The number of carbonyl (C=O) groups is 1. The quantitative estimate of drug-likeness (QED) is 0.680. The van der Waals surface area contributed by atoms with Gasteiger partial charge in [0.15, 0.2) is 5.43 Å². The molecule has 1 fully saturated rings. The van der Waals surface area contributed by atoms with Gasteiger partial charge in [0, 0.05) is 37.5 Å². The van der Waals surface area contributed by atoms with Gasteiger partial charge >= 0.3 is 0 Å². The van der Waals surface area contributed by atoms with Crippen molar-refractivity contribution in [2.45, 2.75) is 0 Å². The minimum absolute atomic E-state index is 0.202. The molecule has 1 saturated heterocycles. The molecule has 0 atom stereocenters. The van der Waals surface area contributed by atoms with Crippen molar-refractivity contribution in [3.63, 3.8) is 0 Å². The Hall–Kier alpha value is -1.62. The van der Waals surface area contributed by atoms with E-state index in [-0.39, 0.29) is 16.9 Å². The first kappa shape index (κ1) is 9.92. The number of amides is 1. The van der Waals surface area contributed by atoms with Crippen LogP contribution < -0.4 is 11.2 Å². The van der Waals surface area contributed by atoms with Gasteiger partial charge in [-0.15, -0.1) is 0 Å². The number of aromatic amines is 1. The van der Waals surface area contributed by atoms with Crippen molar-refractivity contribution in [3.05, 3.63) is 34.2 Å². The molecule has 2 rings (SSSR count). The summed E-state index contributed by atoms with van der Waals surface area (Å²) in [5, 5.41) is 0. The smallest absolute Gasteiger partial charge is 0.259 e. The lowest BCUT2D eigenvalue weighted by Crippen LogP contribution is -2.53. The zero-order chi connectivity index (χ0) is 10.8. The van der Waals surface area contributed by atoms with E-state index in [2.05, 4.69) is 4.98 Å². The molecule has 0 aromatic carbocycles. The number of H-pyrrole nitrogens is 1. The van der Waals surface area contributed by atoms with Crippen molar-refractivity contribution in [1.29, 1.82) is 0 Å². The summed E-state index contributed by atoms with van der Waals surface area (Å²) in [6, 6.07) is 1.35. The summed E-state index contributed by atoms with van der Waals surface area (Å²) in [4.78, 5) is 27.5. The lowest BCUT2D eigenvalue weighted by Gasteiger charge is -2.38. The summed E-state index contributed by atoms with van der Waals surface area (Å²) < 4.78 is 0. The SMILES string of the molecule is NCC1CN(C(=O)c2c[nH]ccc2=O)C1. The van der Waals surface area contributed by atoms with Crippen LogP contribution in [0.15, 0.2) is 23.3 Å². The highest BCUT2D eigenvalue weighted by Crippen LogP contribution is 2.15. The lowest BCUT2D eigenvalue weighted by atomic mass is 9.99. The topological polar surface area (TPSA) is 79.2 Å². The first-order valence-electron chi connectivity index (χ1n) is 4.89. The van der Waals surface area contributed by atoms with Gasteiger partial charge in [-0.05, 0) is 6.54 Å². The third-order valence-corrected chi connectivity index (χ3v) is 2.63. The molecule has 1 aliphatic rings. The monoisotopic (exact) mass is 207 g/mol. The molecule has 0 saturated carbocycles. The Balaban J connectivity index is 2.10. The molecule has 0 bridgehead atoms. The fourth-order valence-electron chi connectivity index (χ4n) is 1.64. The average molecular weight is 207 g/mol. The van der Waals surface area contributed by atoms with E-state index in [0.29, 0.717) is 25.6 Å². The number of rotatable bonds is 2. The minimum Gasteiger partial charge on any atom is -0.367 e. The lowest BCUT2D eigenvalue weighted by molar-refractivity contribution is 0.0513. The molecule has 0 spiro atoms. The zero-order valence-corrected chi connectivity index (χ0v) is 8.27. The highest BCUT2D eigenvalue weighted by molar-refractivity contribution is 5.94. The molecule has 15 heavy (non-hydrogen) atoms. The maximum Gasteiger partial charge on any atom is 0.259 e. The second-order valence-electron chi connectivity index (χ2n) is 3.73. The summed E-state index contributed by atoms with van der Waals surface area (Å²) in [5.74, 6) is 0.179. The van der Waals surface area contributed by atoms with E-state index in [1.54, 1.807) is 4.90 Å². The number of likely N-dealkylation sites (tertiary alicyclic amines) is 1. The van der Waals surface area contributed by atoms with Crippen LogP contribution in [0.3, 0.4) is 0 Å². The number of pyridine rings is 1. The van der Waals surface area contributed by atoms with Gasteiger partial charge in [0.05, 0.1) is 0 Å². The number of hydrogen-bond donors (Lipinski definition) is 2. The Labute approximate surface area is 86.9 Å². The van der Waals surface area contributed by atoms with E-state index >= 15 is 0 Å². The van der Waals surface area contributed by atoms with Crippen LogP contribution >= 0.6 is 0 Å². The van der Waals surface area contributed by atoms with Crippen LogP contribution in [0, 0.1) is 5.92 Å². The van der Waals surface area contributed by atoms with Crippen LogP contribution in [0.2, 0.25) is 0 Å². The molecule has 0 aliphatic carbocycles. The van der Waals surface area contributed by atoms with Gasteiger partial charge in [0.25, 0.3) is 5.91 Å². The third kappa shape index (κ3) is 1.78. The van der Waals surface area contributed by atoms with Crippen molar-refractivity contribution >= 4 is 5.91 Å². The summed E-state index contributed by atoms with van der Waals surface area (Å²) in [6.07, 6.45) is 2.96. The second kappa shape index (κ2) is 3.86. The average Bonchev–Trinajstić information content (AvgIpc) is 2.16. The molecule has 5 nitrogen and oxygen atoms in total. The molecule has 1 amide bonds. The molecular weight excluding hydrogens is 194 g/mol. The Kier molecular flexibility index (Phi) is 2.55. The Bertz CT molecular complexity index is 421. The number of nitrogens with one attached hydrogen (secondary N) is 1. The molecule has 3 N–H and O–H groups in total. The molecular formula is C10H13N3O2. The van der Waals surface area contributed by atoms with Gasteiger partial charge < -0.3 is 15.6 Å². The van der Waals surface area contributed by atoms with Gasteiger partial charge in [-0.25, -0.2) is 0 Å². The predicted molar refractivity (Wildman–Crippen MR) is 55.5 cm³/mol. The summed E-state index contributed by atoms with van der Waals surface area (Å²) in [5.41, 5.74) is 5.42. The molecule has 2 heterocycles. The zero-order valence-electron chi connectivity index (χ0n) is 8.27. The maximum atomic E-state index is 11.8. The van der Waals surface area contributed by atoms with Crippen LogP contribution in [-0.2, 0) is 0 Å². The standard InChI is InChI=1S/C10H13N3O2/c11-3-7-5-13(6-7)10(15)8-4-12-2-1-9(8)14/h1-2,4,7H,3,5-6,11H2,(H,12,14). The van der Waals surface area contributed by atoms with Crippen molar-refractivity contribution in [3.8, 4) is 0 Å². The second-order valence-corrected chi connectivity index (χ2v) is 3.73. The van der Waals surface area contributed by atoms with Crippen molar-refractivity contribution < 1.29 is 4.79 Å². The molecule has 5 heteroatoms. The fraction of sp³-hybridized carbons (Fsp3) is 0.400.